The minimum atomic E-state index is -0.659. The Morgan fingerprint density at radius 3 is 2.89 bits per heavy atom. The lowest BCUT2D eigenvalue weighted by Crippen LogP contribution is -2.18. The fourth-order valence-corrected chi connectivity index (χ4v) is 1.67. The largest absolute Gasteiger partial charge is 0.382 e. The zero-order chi connectivity index (χ0) is 13.1. The van der Waals surface area contributed by atoms with Gasteiger partial charge in [-0.1, -0.05) is 0 Å². The van der Waals surface area contributed by atoms with Gasteiger partial charge in [0.25, 0.3) is 0 Å². The van der Waals surface area contributed by atoms with Gasteiger partial charge in [-0.15, -0.1) is 0 Å². The summed E-state index contributed by atoms with van der Waals surface area (Å²) in [6, 6.07) is 3.78. The fourth-order valence-electron chi connectivity index (χ4n) is 1.67. The Morgan fingerprint density at radius 2 is 2.17 bits per heavy atom. The molecule has 0 aliphatic carbocycles. The zero-order valence-electron chi connectivity index (χ0n) is 10.2. The standard InChI is InChI=1S/C13H14F2N2O/c1-8(18-2)7-17-12-3-4-16-13-10(12)5-9(14)6-11(13)15/h3-6,8H,7H2,1-2H3,(H,16,17). The molecule has 96 valence electrons. The Morgan fingerprint density at radius 1 is 1.39 bits per heavy atom. The number of rotatable bonds is 4. The van der Waals surface area contributed by atoms with Crippen molar-refractivity contribution in [2.75, 3.05) is 19.0 Å². The maximum absolute atomic E-state index is 13.5. The summed E-state index contributed by atoms with van der Waals surface area (Å²) in [4.78, 5) is 3.92. The number of pyridine rings is 1. The van der Waals surface area contributed by atoms with E-state index in [1.165, 1.54) is 12.3 Å². The van der Waals surface area contributed by atoms with Crippen LogP contribution in [0.3, 0.4) is 0 Å². The highest BCUT2D eigenvalue weighted by Gasteiger charge is 2.09. The van der Waals surface area contributed by atoms with Crippen LogP contribution in [0.2, 0.25) is 0 Å². The van der Waals surface area contributed by atoms with Gasteiger partial charge < -0.3 is 10.1 Å². The van der Waals surface area contributed by atoms with E-state index in [0.717, 1.165) is 6.07 Å². The molecule has 0 aliphatic heterocycles. The van der Waals surface area contributed by atoms with Crippen LogP contribution in [0.4, 0.5) is 14.5 Å². The zero-order valence-corrected chi connectivity index (χ0v) is 10.2. The number of nitrogens with one attached hydrogen (secondary N) is 1. The number of nitrogens with zero attached hydrogens (tertiary/aromatic N) is 1. The lowest BCUT2D eigenvalue weighted by Gasteiger charge is -2.13. The van der Waals surface area contributed by atoms with Crippen LogP contribution >= 0.6 is 0 Å². The Balaban J connectivity index is 2.38. The first-order valence-corrected chi connectivity index (χ1v) is 5.62. The predicted octanol–water partition coefficient (Wildman–Crippen LogP) is 2.96. The molecule has 1 unspecified atom stereocenters. The summed E-state index contributed by atoms with van der Waals surface area (Å²) < 4.78 is 31.9. The van der Waals surface area contributed by atoms with Crippen molar-refractivity contribution in [1.82, 2.24) is 4.98 Å². The van der Waals surface area contributed by atoms with E-state index < -0.39 is 11.6 Å². The van der Waals surface area contributed by atoms with Gasteiger partial charge in [-0.05, 0) is 19.1 Å². The molecule has 1 aromatic heterocycles. The van der Waals surface area contributed by atoms with Gasteiger partial charge in [0, 0.05) is 37.0 Å². The Kier molecular flexibility index (Phi) is 3.72. The molecule has 1 N–H and O–H groups in total. The quantitative estimate of drug-likeness (QED) is 0.908. The van der Waals surface area contributed by atoms with Crippen molar-refractivity contribution in [2.45, 2.75) is 13.0 Å². The Hall–Kier alpha value is -1.75. The van der Waals surface area contributed by atoms with E-state index >= 15 is 0 Å². The molecule has 0 amide bonds. The number of methoxy groups -OCH3 is 1. The molecular weight excluding hydrogens is 238 g/mol. The molecule has 3 nitrogen and oxygen atoms in total. The molecule has 1 atom stereocenters. The van der Waals surface area contributed by atoms with Crippen LogP contribution in [0.5, 0.6) is 0 Å². The van der Waals surface area contributed by atoms with E-state index in [9.17, 15) is 8.78 Å². The number of hydrogen-bond donors (Lipinski definition) is 1. The van der Waals surface area contributed by atoms with Gasteiger partial charge in [-0.3, -0.25) is 4.98 Å². The van der Waals surface area contributed by atoms with Crippen molar-refractivity contribution in [3.63, 3.8) is 0 Å². The third-order valence-electron chi connectivity index (χ3n) is 2.75. The second-order valence-corrected chi connectivity index (χ2v) is 4.07. The fraction of sp³-hybridized carbons (Fsp3) is 0.308. The normalized spacial score (nSPS) is 12.7. The molecule has 0 bridgehead atoms. The summed E-state index contributed by atoms with van der Waals surface area (Å²) in [7, 11) is 1.61. The Labute approximate surface area is 104 Å². The number of fused-ring (bicyclic) bond motifs is 1. The highest BCUT2D eigenvalue weighted by atomic mass is 19.1. The van der Waals surface area contributed by atoms with Crippen LogP contribution in [0.25, 0.3) is 10.9 Å². The summed E-state index contributed by atoms with van der Waals surface area (Å²) in [6.45, 7) is 2.45. The third-order valence-corrected chi connectivity index (χ3v) is 2.75. The molecule has 1 aromatic carbocycles. The van der Waals surface area contributed by atoms with E-state index in [1.807, 2.05) is 6.92 Å². The molecule has 2 aromatic rings. The first-order valence-electron chi connectivity index (χ1n) is 5.62. The summed E-state index contributed by atoms with van der Waals surface area (Å²) >= 11 is 0. The SMILES string of the molecule is COC(C)CNc1ccnc2c(F)cc(F)cc12. The smallest absolute Gasteiger partial charge is 0.152 e. The van der Waals surface area contributed by atoms with Crippen molar-refractivity contribution in [3.05, 3.63) is 36.0 Å². The van der Waals surface area contributed by atoms with E-state index in [1.54, 1.807) is 13.2 Å². The third kappa shape index (κ3) is 2.56. The summed E-state index contributed by atoms with van der Waals surface area (Å²) in [5, 5.41) is 3.52. The molecule has 0 saturated heterocycles. The van der Waals surface area contributed by atoms with Crippen LogP contribution in [0, 0.1) is 11.6 Å². The van der Waals surface area contributed by atoms with Gasteiger partial charge >= 0.3 is 0 Å². The minimum Gasteiger partial charge on any atom is -0.382 e. The van der Waals surface area contributed by atoms with Crippen LogP contribution in [0.1, 0.15) is 6.92 Å². The van der Waals surface area contributed by atoms with E-state index in [4.69, 9.17) is 4.74 Å². The molecule has 1 heterocycles. The number of halogens is 2. The molecule has 0 saturated carbocycles. The summed E-state index contributed by atoms with van der Waals surface area (Å²) in [5.41, 5.74) is 0.800. The molecule has 0 fully saturated rings. The van der Waals surface area contributed by atoms with Crippen molar-refractivity contribution in [2.24, 2.45) is 0 Å². The molecule has 0 aliphatic rings. The molecule has 2 rings (SSSR count). The second-order valence-electron chi connectivity index (χ2n) is 4.07. The summed E-state index contributed by atoms with van der Waals surface area (Å²) in [5.74, 6) is -1.27. The maximum atomic E-state index is 13.5. The van der Waals surface area contributed by atoms with Gasteiger partial charge in [0.15, 0.2) is 5.82 Å². The van der Waals surface area contributed by atoms with Crippen LogP contribution in [-0.2, 0) is 4.74 Å². The molecule has 5 heteroatoms. The molecule has 0 radical (unpaired) electrons. The monoisotopic (exact) mass is 252 g/mol. The van der Waals surface area contributed by atoms with Crippen molar-refractivity contribution in [1.29, 1.82) is 0 Å². The first kappa shape index (κ1) is 12.7. The molecular formula is C13H14F2N2O. The lowest BCUT2D eigenvalue weighted by atomic mass is 10.1. The van der Waals surface area contributed by atoms with Gasteiger partial charge in [-0.2, -0.15) is 0 Å². The highest BCUT2D eigenvalue weighted by molar-refractivity contribution is 5.91. The first-order chi connectivity index (χ1) is 8.61. The van der Waals surface area contributed by atoms with Crippen LogP contribution in [0.15, 0.2) is 24.4 Å². The highest BCUT2D eigenvalue weighted by Crippen LogP contribution is 2.24. The molecule has 18 heavy (non-hydrogen) atoms. The van der Waals surface area contributed by atoms with E-state index in [-0.39, 0.29) is 11.6 Å². The number of ether oxygens (including phenoxy) is 1. The van der Waals surface area contributed by atoms with E-state index in [2.05, 4.69) is 10.3 Å². The van der Waals surface area contributed by atoms with Crippen LogP contribution in [-0.4, -0.2) is 24.7 Å². The number of benzene rings is 1. The van der Waals surface area contributed by atoms with Gasteiger partial charge in [0.1, 0.15) is 11.3 Å². The van der Waals surface area contributed by atoms with E-state index in [0.29, 0.717) is 17.6 Å². The lowest BCUT2D eigenvalue weighted by molar-refractivity contribution is 0.129. The number of anilines is 1. The summed E-state index contributed by atoms with van der Waals surface area (Å²) in [6.07, 6.45) is 1.50. The molecule has 0 spiro atoms. The average molecular weight is 252 g/mol. The van der Waals surface area contributed by atoms with Gasteiger partial charge in [0.05, 0.1) is 6.10 Å². The second kappa shape index (κ2) is 5.27. The predicted molar refractivity (Wildman–Crippen MR) is 66.6 cm³/mol. The van der Waals surface area contributed by atoms with Crippen molar-refractivity contribution in [3.8, 4) is 0 Å². The Bertz CT molecular complexity index is 560. The van der Waals surface area contributed by atoms with Crippen molar-refractivity contribution < 1.29 is 13.5 Å². The number of aromatic nitrogens is 1. The van der Waals surface area contributed by atoms with Gasteiger partial charge in [-0.25, -0.2) is 8.78 Å². The maximum Gasteiger partial charge on any atom is 0.152 e. The number of hydrogen-bond acceptors (Lipinski definition) is 3. The minimum absolute atomic E-state index is 0.00613. The average Bonchev–Trinajstić information content (AvgIpc) is 2.36. The van der Waals surface area contributed by atoms with Gasteiger partial charge in [0.2, 0.25) is 0 Å². The van der Waals surface area contributed by atoms with Crippen LogP contribution < -0.4 is 5.32 Å². The van der Waals surface area contributed by atoms with Crippen molar-refractivity contribution >= 4 is 16.6 Å². The topological polar surface area (TPSA) is 34.1 Å².